The largest absolute Gasteiger partial charge is 0.508 e. The summed E-state index contributed by atoms with van der Waals surface area (Å²) in [6, 6.07) is 11.0. The molecular formula is C30H42N4O6. The van der Waals surface area contributed by atoms with E-state index >= 15 is 0 Å². The Morgan fingerprint density at radius 2 is 1.15 bits per heavy atom. The molecule has 0 spiro atoms. The first-order chi connectivity index (χ1) is 18.8. The van der Waals surface area contributed by atoms with Crippen molar-refractivity contribution in [3.63, 3.8) is 0 Å². The van der Waals surface area contributed by atoms with Gasteiger partial charge in [-0.2, -0.15) is 0 Å². The number of phenols is 1. The summed E-state index contributed by atoms with van der Waals surface area (Å²) >= 11 is 0. The normalized spacial score (nSPS) is 14.2. The van der Waals surface area contributed by atoms with Crippen LogP contribution in [0.2, 0.25) is 0 Å². The summed E-state index contributed by atoms with van der Waals surface area (Å²) in [6.07, 6.45) is 0.870. The Bertz CT molecular complexity index is 1120. The second-order valence-corrected chi connectivity index (χ2v) is 10.9. The van der Waals surface area contributed by atoms with Crippen molar-refractivity contribution in [1.29, 1.82) is 0 Å². The molecule has 0 heterocycles. The number of nitrogens with two attached hydrogens (primary N) is 1. The lowest BCUT2D eigenvalue weighted by Gasteiger charge is -2.26. The van der Waals surface area contributed by atoms with Gasteiger partial charge in [-0.3, -0.25) is 14.4 Å². The van der Waals surface area contributed by atoms with Gasteiger partial charge in [0.1, 0.15) is 23.9 Å². The van der Waals surface area contributed by atoms with Crippen molar-refractivity contribution in [2.75, 3.05) is 0 Å². The number of carboxylic acids is 1. The van der Waals surface area contributed by atoms with Crippen molar-refractivity contribution in [3.8, 4) is 5.75 Å². The maximum Gasteiger partial charge on any atom is 0.326 e. The Morgan fingerprint density at radius 1 is 0.675 bits per heavy atom. The van der Waals surface area contributed by atoms with Crippen molar-refractivity contribution in [1.82, 2.24) is 16.0 Å². The van der Waals surface area contributed by atoms with Gasteiger partial charge in [-0.15, -0.1) is 0 Å². The number of amides is 3. The second-order valence-electron chi connectivity index (χ2n) is 10.9. The number of benzene rings is 2. The third-order valence-electron chi connectivity index (χ3n) is 6.31. The molecule has 10 heteroatoms. The van der Waals surface area contributed by atoms with Crippen LogP contribution < -0.4 is 21.7 Å². The third-order valence-corrected chi connectivity index (χ3v) is 6.31. The number of carboxylic acid groups (broad SMARTS) is 1. The van der Waals surface area contributed by atoms with Gasteiger partial charge in [-0.1, -0.05) is 70.2 Å². The first-order valence-corrected chi connectivity index (χ1v) is 13.6. The van der Waals surface area contributed by atoms with Gasteiger partial charge < -0.3 is 31.9 Å². The Kier molecular flexibility index (Phi) is 12.6. The van der Waals surface area contributed by atoms with Crippen molar-refractivity contribution in [2.45, 2.75) is 77.5 Å². The van der Waals surface area contributed by atoms with Gasteiger partial charge in [-0.25, -0.2) is 4.79 Å². The number of aromatic hydroxyl groups is 1. The zero-order valence-corrected chi connectivity index (χ0v) is 23.6. The van der Waals surface area contributed by atoms with E-state index in [1.807, 2.05) is 33.8 Å². The van der Waals surface area contributed by atoms with Gasteiger partial charge in [0, 0.05) is 12.8 Å². The van der Waals surface area contributed by atoms with Crippen LogP contribution in [0, 0.1) is 11.8 Å². The first-order valence-electron chi connectivity index (χ1n) is 13.6. The lowest BCUT2D eigenvalue weighted by Crippen LogP contribution is -2.58. The second kappa shape index (κ2) is 15.6. The summed E-state index contributed by atoms with van der Waals surface area (Å²) in [5.41, 5.74) is 7.39. The fraction of sp³-hybridized carbons (Fsp3) is 0.467. The average molecular weight is 555 g/mol. The third kappa shape index (κ3) is 11.1. The number of carbonyl (C=O) groups is 4. The summed E-state index contributed by atoms with van der Waals surface area (Å²) < 4.78 is 0. The first kappa shape index (κ1) is 32.3. The van der Waals surface area contributed by atoms with E-state index in [9.17, 15) is 29.4 Å². The topological polar surface area (TPSA) is 171 Å². The highest BCUT2D eigenvalue weighted by Crippen LogP contribution is 2.13. The van der Waals surface area contributed by atoms with Crippen LogP contribution in [0.3, 0.4) is 0 Å². The van der Waals surface area contributed by atoms with Crippen LogP contribution in [0.15, 0.2) is 54.6 Å². The van der Waals surface area contributed by atoms with Crippen LogP contribution in [0.4, 0.5) is 0 Å². The summed E-state index contributed by atoms with van der Waals surface area (Å²) in [7, 11) is 0. The predicted molar refractivity (Wildman–Crippen MR) is 152 cm³/mol. The average Bonchev–Trinajstić information content (AvgIpc) is 2.88. The number of carbonyl (C=O) groups excluding carboxylic acids is 3. The monoisotopic (exact) mass is 554 g/mol. The minimum absolute atomic E-state index is 0.0207. The highest BCUT2D eigenvalue weighted by Gasteiger charge is 2.31. The van der Waals surface area contributed by atoms with Crippen molar-refractivity contribution in [3.05, 3.63) is 65.7 Å². The molecule has 0 aliphatic heterocycles. The fourth-order valence-corrected chi connectivity index (χ4v) is 4.27. The maximum absolute atomic E-state index is 13.4. The van der Waals surface area contributed by atoms with Crippen LogP contribution in [0.25, 0.3) is 0 Å². The van der Waals surface area contributed by atoms with E-state index in [2.05, 4.69) is 16.0 Å². The quantitative estimate of drug-likeness (QED) is 0.196. The number of nitrogens with one attached hydrogen (secondary N) is 3. The fourth-order valence-electron chi connectivity index (χ4n) is 4.27. The number of aliphatic carboxylic acids is 1. The molecule has 0 aliphatic rings. The number of hydrogen-bond acceptors (Lipinski definition) is 6. The zero-order chi connectivity index (χ0) is 29.8. The molecule has 0 aromatic heterocycles. The molecule has 0 saturated carbocycles. The van der Waals surface area contributed by atoms with Gasteiger partial charge in [0.05, 0.1) is 6.04 Å². The summed E-state index contributed by atoms with van der Waals surface area (Å²) in [6.45, 7) is 7.72. The Balaban J connectivity index is 2.24. The van der Waals surface area contributed by atoms with Gasteiger partial charge in [0.15, 0.2) is 0 Å². The van der Waals surface area contributed by atoms with Crippen LogP contribution in [0.1, 0.15) is 51.7 Å². The number of phenolic OH excluding ortho intramolecular Hbond substituents is 1. The molecule has 40 heavy (non-hydrogen) atoms. The number of rotatable bonds is 15. The van der Waals surface area contributed by atoms with Crippen molar-refractivity contribution >= 4 is 23.7 Å². The van der Waals surface area contributed by atoms with E-state index < -0.39 is 47.9 Å². The lowest BCUT2D eigenvalue weighted by molar-refractivity contribution is -0.142. The molecule has 2 rings (SSSR count). The molecule has 4 unspecified atom stereocenters. The zero-order valence-electron chi connectivity index (χ0n) is 23.6. The Hall–Kier alpha value is -3.92. The van der Waals surface area contributed by atoms with Crippen LogP contribution in [0.5, 0.6) is 5.75 Å². The maximum atomic E-state index is 13.4. The van der Waals surface area contributed by atoms with Gasteiger partial charge in [0.25, 0.3) is 0 Å². The SMILES string of the molecule is CC(C)CC(N)C(=O)NC(CC(C)C)C(=O)NC(Cc1ccccc1)C(=O)NC(Cc1ccc(O)cc1)C(=O)O. The molecule has 4 atom stereocenters. The molecule has 0 fully saturated rings. The molecule has 0 radical (unpaired) electrons. The van der Waals surface area contributed by atoms with Crippen LogP contribution in [-0.4, -0.2) is 58.1 Å². The van der Waals surface area contributed by atoms with Crippen molar-refractivity contribution in [2.24, 2.45) is 17.6 Å². The van der Waals surface area contributed by atoms with Gasteiger partial charge in [-0.05, 0) is 47.9 Å². The predicted octanol–water partition coefficient (Wildman–Crippen LogP) is 2.14. The summed E-state index contributed by atoms with van der Waals surface area (Å²) in [5, 5.41) is 27.3. The van der Waals surface area contributed by atoms with E-state index in [-0.39, 0.29) is 30.4 Å². The molecule has 2 aromatic carbocycles. The molecule has 10 nitrogen and oxygen atoms in total. The Morgan fingerprint density at radius 3 is 1.70 bits per heavy atom. The summed E-state index contributed by atoms with van der Waals surface area (Å²) in [4.78, 5) is 51.5. The summed E-state index contributed by atoms with van der Waals surface area (Å²) in [5.74, 6) is -2.62. The molecule has 0 aliphatic carbocycles. The van der Waals surface area contributed by atoms with Crippen LogP contribution >= 0.6 is 0 Å². The molecule has 7 N–H and O–H groups in total. The Labute approximate surface area is 235 Å². The highest BCUT2D eigenvalue weighted by molar-refractivity contribution is 5.94. The van der Waals surface area contributed by atoms with Gasteiger partial charge >= 0.3 is 5.97 Å². The minimum Gasteiger partial charge on any atom is -0.508 e. The van der Waals surface area contributed by atoms with Gasteiger partial charge in [0.2, 0.25) is 17.7 Å². The molecule has 3 amide bonds. The van der Waals surface area contributed by atoms with E-state index in [0.29, 0.717) is 18.4 Å². The smallest absolute Gasteiger partial charge is 0.326 e. The molecule has 218 valence electrons. The van der Waals surface area contributed by atoms with E-state index in [1.165, 1.54) is 12.1 Å². The molecule has 0 saturated heterocycles. The highest BCUT2D eigenvalue weighted by atomic mass is 16.4. The molecule has 2 aromatic rings. The van der Waals surface area contributed by atoms with E-state index in [1.54, 1.807) is 36.4 Å². The molecule has 0 bridgehead atoms. The van der Waals surface area contributed by atoms with Crippen molar-refractivity contribution < 1.29 is 29.4 Å². The molecular weight excluding hydrogens is 512 g/mol. The van der Waals surface area contributed by atoms with E-state index in [4.69, 9.17) is 5.73 Å². The standard InChI is InChI=1S/C30H42N4O6/c1-18(2)14-23(31)27(36)32-24(15-19(3)4)28(37)33-25(16-20-8-6-5-7-9-20)29(38)34-26(30(39)40)17-21-10-12-22(35)13-11-21/h5-13,18-19,23-26,35H,14-17,31H2,1-4H3,(H,32,36)(H,33,37)(H,34,38)(H,39,40). The van der Waals surface area contributed by atoms with E-state index in [0.717, 1.165) is 5.56 Å². The lowest BCUT2D eigenvalue weighted by atomic mass is 9.99. The van der Waals surface area contributed by atoms with Crippen LogP contribution in [-0.2, 0) is 32.0 Å². The minimum atomic E-state index is -1.27. The number of hydrogen-bond donors (Lipinski definition) is 6.